The fraction of sp³-hybridized carbons (Fsp3) is 0.133. The molecule has 0 bridgehead atoms. The van der Waals surface area contributed by atoms with E-state index in [2.05, 4.69) is 0 Å². The summed E-state index contributed by atoms with van der Waals surface area (Å²) in [5.41, 5.74) is 0.747. The van der Waals surface area contributed by atoms with Crippen LogP contribution in [0.1, 0.15) is 21.5 Å². The van der Waals surface area contributed by atoms with Crippen molar-refractivity contribution in [3.05, 3.63) is 64.7 Å². The van der Waals surface area contributed by atoms with Crippen molar-refractivity contribution in [1.29, 1.82) is 0 Å². The molecule has 0 amide bonds. The number of methoxy groups -OCH3 is 1. The second kappa shape index (κ2) is 5.18. The van der Waals surface area contributed by atoms with Gasteiger partial charge in [0.15, 0.2) is 5.78 Å². The van der Waals surface area contributed by atoms with Crippen molar-refractivity contribution in [2.45, 2.75) is 6.92 Å². The van der Waals surface area contributed by atoms with Crippen LogP contribution in [0.3, 0.4) is 0 Å². The maximum Gasteiger partial charge on any atom is 0.199 e. The van der Waals surface area contributed by atoms with Gasteiger partial charge in [0.05, 0.1) is 18.2 Å². The number of benzene rings is 2. The monoisotopic (exact) mass is 262 g/mol. The average Bonchev–Trinajstić information content (AvgIpc) is 2.40. The Morgan fingerprint density at radius 2 is 1.79 bits per heavy atom. The van der Waals surface area contributed by atoms with E-state index in [1.54, 1.807) is 25.1 Å². The van der Waals surface area contributed by atoms with Gasteiger partial charge in [-0.3, -0.25) is 4.79 Å². The summed E-state index contributed by atoms with van der Waals surface area (Å²) in [6, 6.07) is 7.78. The van der Waals surface area contributed by atoms with Gasteiger partial charge in [-0.05, 0) is 37.3 Å². The molecule has 2 rings (SSSR count). The van der Waals surface area contributed by atoms with Gasteiger partial charge in [-0.15, -0.1) is 0 Å². The minimum Gasteiger partial charge on any atom is -0.496 e. The Bertz CT molecular complexity index is 636. The number of halogens is 2. The lowest BCUT2D eigenvalue weighted by Crippen LogP contribution is -2.07. The first-order chi connectivity index (χ1) is 9.02. The Kier molecular flexibility index (Phi) is 3.60. The van der Waals surface area contributed by atoms with E-state index in [1.807, 2.05) is 0 Å². The summed E-state index contributed by atoms with van der Waals surface area (Å²) in [4.78, 5) is 12.3. The molecule has 0 aliphatic carbocycles. The molecule has 0 aliphatic heterocycles. The molecule has 0 aromatic heterocycles. The zero-order valence-electron chi connectivity index (χ0n) is 10.5. The third kappa shape index (κ3) is 2.62. The first kappa shape index (κ1) is 13.2. The van der Waals surface area contributed by atoms with Crippen molar-refractivity contribution in [2.24, 2.45) is 0 Å². The highest BCUT2D eigenvalue weighted by atomic mass is 19.1. The molecule has 19 heavy (non-hydrogen) atoms. The largest absolute Gasteiger partial charge is 0.496 e. The molecule has 0 unspecified atom stereocenters. The lowest BCUT2D eigenvalue weighted by molar-refractivity contribution is 0.103. The molecule has 0 atom stereocenters. The molecular weight excluding hydrogens is 250 g/mol. The quantitative estimate of drug-likeness (QED) is 0.791. The number of ether oxygens (including phenoxy) is 1. The first-order valence-electron chi connectivity index (χ1n) is 5.67. The standard InChI is InChI=1S/C15H12F2O2/c1-9-3-6-14(19-2)12(7-9)15(18)11-8-10(16)4-5-13(11)17/h3-8H,1-2H3. The fourth-order valence-electron chi connectivity index (χ4n) is 1.82. The van der Waals surface area contributed by atoms with Crippen LogP contribution in [0.15, 0.2) is 36.4 Å². The Hall–Kier alpha value is -2.23. The summed E-state index contributed by atoms with van der Waals surface area (Å²) in [6.45, 7) is 1.80. The smallest absolute Gasteiger partial charge is 0.199 e. The van der Waals surface area contributed by atoms with E-state index < -0.39 is 17.4 Å². The second-order valence-electron chi connectivity index (χ2n) is 4.16. The predicted molar refractivity (Wildman–Crippen MR) is 67.5 cm³/mol. The van der Waals surface area contributed by atoms with Crippen molar-refractivity contribution in [2.75, 3.05) is 7.11 Å². The van der Waals surface area contributed by atoms with Gasteiger partial charge in [0.1, 0.15) is 17.4 Å². The van der Waals surface area contributed by atoms with Gasteiger partial charge in [0.2, 0.25) is 0 Å². The van der Waals surface area contributed by atoms with Crippen molar-refractivity contribution in [3.8, 4) is 5.75 Å². The van der Waals surface area contributed by atoms with Crippen molar-refractivity contribution in [1.82, 2.24) is 0 Å². The third-order valence-corrected chi connectivity index (χ3v) is 2.77. The maximum atomic E-state index is 13.6. The molecule has 0 heterocycles. The fourth-order valence-corrected chi connectivity index (χ4v) is 1.82. The van der Waals surface area contributed by atoms with E-state index in [9.17, 15) is 13.6 Å². The van der Waals surface area contributed by atoms with Crippen LogP contribution < -0.4 is 4.74 Å². The van der Waals surface area contributed by atoms with Crippen LogP contribution in [0.2, 0.25) is 0 Å². The second-order valence-corrected chi connectivity index (χ2v) is 4.16. The summed E-state index contributed by atoms with van der Waals surface area (Å²) in [5.74, 6) is -1.68. The molecule has 0 N–H and O–H groups in total. The zero-order chi connectivity index (χ0) is 14.0. The lowest BCUT2D eigenvalue weighted by atomic mass is 10.00. The van der Waals surface area contributed by atoms with Gasteiger partial charge in [-0.2, -0.15) is 0 Å². The summed E-state index contributed by atoms with van der Waals surface area (Å²) < 4.78 is 31.8. The van der Waals surface area contributed by atoms with Crippen LogP contribution in [0.4, 0.5) is 8.78 Å². The normalized spacial score (nSPS) is 10.3. The molecule has 2 aromatic rings. The van der Waals surface area contributed by atoms with E-state index in [-0.39, 0.29) is 11.1 Å². The zero-order valence-corrected chi connectivity index (χ0v) is 10.5. The van der Waals surface area contributed by atoms with Gasteiger partial charge >= 0.3 is 0 Å². The summed E-state index contributed by atoms with van der Waals surface area (Å²) in [7, 11) is 1.42. The number of rotatable bonds is 3. The van der Waals surface area contributed by atoms with Gasteiger partial charge in [0.25, 0.3) is 0 Å². The van der Waals surface area contributed by atoms with Crippen LogP contribution in [0, 0.1) is 18.6 Å². The van der Waals surface area contributed by atoms with Crippen molar-refractivity contribution in [3.63, 3.8) is 0 Å². The number of hydrogen-bond donors (Lipinski definition) is 0. The molecule has 98 valence electrons. The number of ketones is 1. The van der Waals surface area contributed by atoms with Crippen LogP contribution in [-0.4, -0.2) is 12.9 Å². The highest BCUT2D eigenvalue weighted by Crippen LogP contribution is 2.24. The van der Waals surface area contributed by atoms with Crippen LogP contribution in [0.25, 0.3) is 0 Å². The van der Waals surface area contributed by atoms with E-state index in [0.29, 0.717) is 5.75 Å². The number of hydrogen-bond acceptors (Lipinski definition) is 2. The van der Waals surface area contributed by atoms with Crippen molar-refractivity contribution < 1.29 is 18.3 Å². The Morgan fingerprint density at radius 3 is 2.47 bits per heavy atom. The van der Waals surface area contributed by atoms with Crippen LogP contribution in [-0.2, 0) is 0 Å². The Morgan fingerprint density at radius 1 is 1.05 bits per heavy atom. The van der Waals surface area contributed by atoms with E-state index in [4.69, 9.17) is 4.74 Å². The van der Waals surface area contributed by atoms with Crippen LogP contribution in [0.5, 0.6) is 5.75 Å². The average molecular weight is 262 g/mol. The predicted octanol–water partition coefficient (Wildman–Crippen LogP) is 3.51. The molecule has 0 radical (unpaired) electrons. The summed E-state index contributed by atoms with van der Waals surface area (Å²) >= 11 is 0. The van der Waals surface area contributed by atoms with Gasteiger partial charge < -0.3 is 4.74 Å². The highest BCUT2D eigenvalue weighted by molar-refractivity contribution is 6.11. The Labute approximate surface area is 109 Å². The van der Waals surface area contributed by atoms with Gasteiger partial charge in [0, 0.05) is 0 Å². The molecule has 0 aliphatic rings. The summed E-state index contributed by atoms with van der Waals surface area (Å²) in [6.07, 6.45) is 0. The lowest BCUT2D eigenvalue weighted by Gasteiger charge is -2.09. The van der Waals surface area contributed by atoms with Gasteiger partial charge in [-0.1, -0.05) is 11.6 Å². The third-order valence-electron chi connectivity index (χ3n) is 2.77. The minimum absolute atomic E-state index is 0.215. The minimum atomic E-state index is -0.755. The molecule has 0 spiro atoms. The van der Waals surface area contributed by atoms with Gasteiger partial charge in [-0.25, -0.2) is 8.78 Å². The molecular formula is C15H12F2O2. The molecule has 0 saturated heterocycles. The highest BCUT2D eigenvalue weighted by Gasteiger charge is 2.18. The topological polar surface area (TPSA) is 26.3 Å². The molecule has 0 fully saturated rings. The molecule has 2 aromatic carbocycles. The number of aryl methyl sites for hydroxylation is 1. The number of carbonyl (C=O) groups excluding carboxylic acids is 1. The summed E-state index contributed by atoms with van der Waals surface area (Å²) in [5, 5.41) is 0. The van der Waals surface area contributed by atoms with E-state index >= 15 is 0 Å². The number of carbonyl (C=O) groups is 1. The molecule has 4 heteroatoms. The first-order valence-corrected chi connectivity index (χ1v) is 5.67. The molecule has 0 saturated carbocycles. The SMILES string of the molecule is COc1ccc(C)cc1C(=O)c1cc(F)ccc1F. The van der Waals surface area contributed by atoms with E-state index in [0.717, 1.165) is 23.8 Å². The molecule has 2 nitrogen and oxygen atoms in total. The maximum absolute atomic E-state index is 13.6. The van der Waals surface area contributed by atoms with Crippen LogP contribution >= 0.6 is 0 Å². The van der Waals surface area contributed by atoms with E-state index in [1.165, 1.54) is 7.11 Å². The van der Waals surface area contributed by atoms with Crippen molar-refractivity contribution >= 4 is 5.78 Å². The Balaban J connectivity index is 2.55.